The Bertz CT molecular complexity index is 1390. The number of unbranched alkanes of at least 4 members (excludes halogenated alkanes) is 2. The van der Waals surface area contributed by atoms with E-state index in [1.807, 2.05) is 30.5 Å². The Labute approximate surface area is 228 Å². The average Bonchev–Trinajstić information content (AvgIpc) is 3.26. The van der Waals surface area contributed by atoms with Crippen molar-refractivity contribution in [3.8, 4) is 11.5 Å². The third-order valence-electron chi connectivity index (χ3n) is 6.17. The van der Waals surface area contributed by atoms with Crippen LogP contribution in [0, 0.1) is 0 Å². The van der Waals surface area contributed by atoms with E-state index >= 15 is 0 Å². The molecule has 11 heteroatoms. The number of rotatable bonds is 14. The molecular weight excluding hydrogens is 526 g/mol. The quantitative estimate of drug-likeness (QED) is 0.282. The number of aromatic nitrogens is 1. The fourth-order valence-corrected chi connectivity index (χ4v) is 6.55. The van der Waals surface area contributed by atoms with Gasteiger partial charge in [-0.25, -0.2) is 8.42 Å². The molecule has 3 aromatic rings. The molecule has 0 fully saturated rings. The van der Waals surface area contributed by atoms with Crippen molar-refractivity contribution >= 4 is 37.5 Å². The molecule has 208 valence electrons. The molecule has 0 bridgehead atoms. The van der Waals surface area contributed by atoms with Crippen LogP contribution in [0.1, 0.15) is 49.9 Å². The van der Waals surface area contributed by atoms with Gasteiger partial charge < -0.3 is 18.8 Å². The summed E-state index contributed by atoms with van der Waals surface area (Å²) in [7, 11) is 1.11. The monoisotopic (exact) mass is 563 g/mol. The van der Waals surface area contributed by atoms with Crippen molar-refractivity contribution < 1.29 is 27.4 Å². The van der Waals surface area contributed by atoms with Gasteiger partial charge in [0, 0.05) is 44.4 Å². The molecule has 1 aromatic heterocycles. The molecule has 0 saturated heterocycles. The highest BCUT2D eigenvalue weighted by atomic mass is 32.2. The minimum atomic E-state index is -3.64. The van der Waals surface area contributed by atoms with Gasteiger partial charge in [0.25, 0.3) is 5.91 Å². The lowest BCUT2D eigenvalue weighted by Gasteiger charge is -2.22. The highest BCUT2D eigenvalue weighted by Gasteiger charge is 2.24. The number of fused-ring (bicyclic) bond motifs is 1. The lowest BCUT2D eigenvalue weighted by atomic mass is 10.2. The second-order valence-corrected chi connectivity index (χ2v) is 11.7. The lowest BCUT2D eigenvalue weighted by Crippen LogP contribution is -2.33. The first-order chi connectivity index (χ1) is 18.3. The Morgan fingerprint density at radius 2 is 1.58 bits per heavy atom. The smallest absolute Gasteiger partial charge is 0.279 e. The van der Waals surface area contributed by atoms with E-state index in [9.17, 15) is 13.2 Å². The van der Waals surface area contributed by atoms with Gasteiger partial charge in [-0.3, -0.25) is 4.79 Å². The molecular formula is C27H37N3O6S2. The van der Waals surface area contributed by atoms with Crippen LogP contribution in [0.4, 0.5) is 0 Å². The van der Waals surface area contributed by atoms with E-state index in [1.54, 1.807) is 25.6 Å². The largest absolute Gasteiger partial charge is 0.493 e. The summed E-state index contributed by atoms with van der Waals surface area (Å²) in [4.78, 5) is 18.2. The van der Waals surface area contributed by atoms with Crippen molar-refractivity contribution in [2.45, 2.75) is 51.0 Å². The normalized spacial score (nSPS) is 12.4. The minimum Gasteiger partial charge on any atom is -0.493 e. The SMILES string of the molecule is CCCCN(CCCC)S(=O)(=O)c1ccc(C(=O)N=c2sc3cc(OC)c(OC)cc3n2CCOC)cc1. The molecule has 0 radical (unpaired) electrons. The molecule has 1 heterocycles. The molecule has 0 aliphatic rings. The first kappa shape index (κ1) is 29.8. The van der Waals surface area contributed by atoms with Gasteiger partial charge in [-0.2, -0.15) is 9.30 Å². The van der Waals surface area contributed by atoms with Gasteiger partial charge in [-0.1, -0.05) is 38.0 Å². The highest BCUT2D eigenvalue weighted by molar-refractivity contribution is 7.89. The van der Waals surface area contributed by atoms with E-state index in [0.717, 1.165) is 35.9 Å². The lowest BCUT2D eigenvalue weighted by molar-refractivity contribution is 0.0997. The summed E-state index contributed by atoms with van der Waals surface area (Å²) in [5.74, 6) is 0.701. The van der Waals surface area contributed by atoms with Crippen molar-refractivity contribution in [2.24, 2.45) is 4.99 Å². The summed E-state index contributed by atoms with van der Waals surface area (Å²) < 4.78 is 47.0. The molecule has 2 aromatic carbocycles. The highest BCUT2D eigenvalue weighted by Crippen LogP contribution is 2.33. The van der Waals surface area contributed by atoms with Crippen LogP contribution in [-0.4, -0.2) is 64.2 Å². The van der Waals surface area contributed by atoms with Gasteiger partial charge in [0.2, 0.25) is 10.0 Å². The van der Waals surface area contributed by atoms with E-state index in [0.29, 0.717) is 48.1 Å². The molecule has 0 atom stereocenters. The number of sulfonamides is 1. The zero-order valence-electron chi connectivity index (χ0n) is 22.7. The molecule has 38 heavy (non-hydrogen) atoms. The predicted octanol–water partition coefficient (Wildman–Crippen LogP) is 4.70. The summed E-state index contributed by atoms with van der Waals surface area (Å²) in [6.45, 7) is 5.96. The van der Waals surface area contributed by atoms with Gasteiger partial charge in [0.05, 0.1) is 35.9 Å². The maximum absolute atomic E-state index is 13.2. The number of hydrogen-bond acceptors (Lipinski definition) is 7. The van der Waals surface area contributed by atoms with Crippen LogP contribution in [0.15, 0.2) is 46.3 Å². The topological polar surface area (TPSA) is 99.4 Å². The number of nitrogens with zero attached hydrogens (tertiary/aromatic N) is 3. The fourth-order valence-electron chi connectivity index (χ4n) is 3.97. The van der Waals surface area contributed by atoms with Crippen LogP contribution >= 0.6 is 11.3 Å². The van der Waals surface area contributed by atoms with Crippen molar-refractivity contribution in [3.63, 3.8) is 0 Å². The molecule has 0 unspecified atom stereocenters. The zero-order valence-corrected chi connectivity index (χ0v) is 24.4. The summed E-state index contributed by atoms with van der Waals surface area (Å²) in [5.41, 5.74) is 1.15. The standard InChI is InChI=1S/C27H37N3O6S2/c1-6-8-14-29(15-9-7-2)38(32,33)21-12-10-20(11-13-21)26(31)28-27-30(16-17-34-3)22-18-23(35-4)24(36-5)19-25(22)37-27/h10-13,18-19H,6-9,14-17H2,1-5H3. The Balaban J connectivity index is 1.96. The molecule has 0 aliphatic carbocycles. The van der Waals surface area contributed by atoms with Gasteiger partial charge in [-0.05, 0) is 37.1 Å². The Hall–Kier alpha value is -2.73. The fraction of sp³-hybridized carbons (Fsp3) is 0.481. The predicted molar refractivity (Wildman–Crippen MR) is 150 cm³/mol. The summed E-state index contributed by atoms with van der Waals surface area (Å²) in [6, 6.07) is 9.73. The molecule has 9 nitrogen and oxygen atoms in total. The molecule has 0 aliphatic heterocycles. The molecule has 0 saturated carbocycles. The Morgan fingerprint density at radius 1 is 0.974 bits per heavy atom. The first-order valence-corrected chi connectivity index (χ1v) is 15.0. The number of amides is 1. The molecule has 3 rings (SSSR count). The van der Waals surface area contributed by atoms with Gasteiger partial charge >= 0.3 is 0 Å². The second kappa shape index (κ2) is 13.9. The maximum atomic E-state index is 13.2. The number of hydrogen-bond donors (Lipinski definition) is 0. The third kappa shape index (κ3) is 6.82. The van der Waals surface area contributed by atoms with Gasteiger partial charge in [-0.15, -0.1) is 0 Å². The van der Waals surface area contributed by atoms with Crippen LogP contribution in [0.3, 0.4) is 0 Å². The Kier molecular flexibility index (Phi) is 10.9. The third-order valence-corrected chi connectivity index (χ3v) is 9.12. The molecule has 1 amide bonds. The number of benzene rings is 2. The summed E-state index contributed by atoms with van der Waals surface area (Å²) in [5, 5.41) is 0. The van der Waals surface area contributed by atoms with Crippen molar-refractivity contribution in [2.75, 3.05) is 41.0 Å². The zero-order chi connectivity index (χ0) is 27.7. The Morgan fingerprint density at radius 3 is 2.13 bits per heavy atom. The van der Waals surface area contributed by atoms with Gasteiger partial charge in [0.15, 0.2) is 16.3 Å². The van der Waals surface area contributed by atoms with Crippen molar-refractivity contribution in [1.29, 1.82) is 0 Å². The number of ether oxygens (including phenoxy) is 3. The average molecular weight is 564 g/mol. The number of methoxy groups -OCH3 is 3. The van der Waals surface area contributed by atoms with E-state index < -0.39 is 15.9 Å². The van der Waals surface area contributed by atoms with Crippen molar-refractivity contribution in [3.05, 3.63) is 46.8 Å². The van der Waals surface area contributed by atoms with Crippen LogP contribution < -0.4 is 14.3 Å². The first-order valence-electron chi connectivity index (χ1n) is 12.7. The van der Waals surface area contributed by atoms with Crippen LogP contribution in [0.25, 0.3) is 10.2 Å². The van der Waals surface area contributed by atoms with Crippen LogP contribution in [0.5, 0.6) is 11.5 Å². The minimum absolute atomic E-state index is 0.178. The number of thiazole rings is 1. The number of carbonyl (C=O) groups is 1. The summed E-state index contributed by atoms with van der Waals surface area (Å²) in [6.07, 6.45) is 3.42. The number of carbonyl (C=O) groups excluding carboxylic acids is 1. The van der Waals surface area contributed by atoms with E-state index in [4.69, 9.17) is 14.2 Å². The van der Waals surface area contributed by atoms with Gasteiger partial charge in [0.1, 0.15) is 0 Å². The van der Waals surface area contributed by atoms with Crippen LogP contribution in [-0.2, 0) is 21.3 Å². The molecule has 0 N–H and O–H groups in total. The summed E-state index contributed by atoms with van der Waals surface area (Å²) >= 11 is 1.35. The maximum Gasteiger partial charge on any atom is 0.279 e. The molecule has 0 spiro atoms. The van der Waals surface area contributed by atoms with Crippen molar-refractivity contribution in [1.82, 2.24) is 8.87 Å². The van der Waals surface area contributed by atoms with E-state index in [2.05, 4.69) is 4.99 Å². The van der Waals surface area contributed by atoms with Crippen LogP contribution in [0.2, 0.25) is 0 Å². The second-order valence-electron chi connectivity index (χ2n) is 8.76. The van der Waals surface area contributed by atoms with E-state index in [1.165, 1.54) is 35.6 Å². The van der Waals surface area contributed by atoms with E-state index in [-0.39, 0.29) is 4.90 Å².